The maximum Gasteiger partial charge on any atom is 0.221 e. The number of nitrogen functional groups attached to an aromatic ring is 1. The smallest absolute Gasteiger partial charge is 0.221 e. The number of methoxy groups -OCH3 is 1. The van der Waals surface area contributed by atoms with Crippen LogP contribution < -0.4 is 20.5 Å². The van der Waals surface area contributed by atoms with Gasteiger partial charge in [0.2, 0.25) is 5.95 Å². The summed E-state index contributed by atoms with van der Waals surface area (Å²) in [6.45, 7) is 0.462. The van der Waals surface area contributed by atoms with E-state index in [1.54, 1.807) is 31.5 Å². The molecule has 0 amide bonds. The lowest BCUT2D eigenvalue weighted by Crippen LogP contribution is -2.16. The molecule has 1 heterocycles. The molecule has 8 heteroatoms. The summed E-state index contributed by atoms with van der Waals surface area (Å²) in [7, 11) is 0.266. The van der Waals surface area contributed by atoms with Gasteiger partial charge in [-0.15, -0.1) is 0 Å². The van der Waals surface area contributed by atoms with Crippen molar-refractivity contribution < 1.29 is 8.95 Å². The quantitative estimate of drug-likeness (QED) is 0.592. The molecule has 0 spiro atoms. The molecule has 7 nitrogen and oxygen atoms in total. The molecule has 0 aliphatic carbocycles. The Bertz CT molecular complexity index is 919. The average molecular weight is 369 g/mol. The predicted molar refractivity (Wildman–Crippen MR) is 102 cm³/mol. The minimum atomic E-state index is -1.35. The summed E-state index contributed by atoms with van der Waals surface area (Å²) in [6.07, 6.45) is 1.57. The van der Waals surface area contributed by atoms with Gasteiger partial charge in [0.1, 0.15) is 22.6 Å². The summed E-state index contributed by atoms with van der Waals surface area (Å²) in [6, 6.07) is 16.6. The molecule has 1 unspecified atom stereocenters. The van der Waals surface area contributed by atoms with E-state index in [1.165, 1.54) is 0 Å². The number of hydrogen-bond donors (Lipinski definition) is 3. The maximum absolute atomic E-state index is 12.5. The Morgan fingerprint density at radius 2 is 2.00 bits per heavy atom. The summed E-state index contributed by atoms with van der Waals surface area (Å²) in [5.74, 6) is 1.53. The summed E-state index contributed by atoms with van der Waals surface area (Å²) >= 11 is 0. The highest BCUT2D eigenvalue weighted by atomic mass is 32.2. The van der Waals surface area contributed by atoms with E-state index in [0.29, 0.717) is 17.3 Å². The second-order valence-electron chi connectivity index (χ2n) is 5.39. The van der Waals surface area contributed by atoms with Crippen LogP contribution >= 0.6 is 0 Å². The first-order valence-corrected chi connectivity index (χ1v) is 9.03. The largest absolute Gasteiger partial charge is 0.497 e. The Hall–Kier alpha value is -2.97. The summed E-state index contributed by atoms with van der Waals surface area (Å²) in [5.41, 5.74) is 7.33. The molecule has 0 aliphatic rings. The van der Waals surface area contributed by atoms with Crippen molar-refractivity contribution in [2.75, 3.05) is 18.2 Å². The molecule has 1 aromatic heterocycles. The molecular weight excluding hydrogens is 350 g/mol. The van der Waals surface area contributed by atoms with E-state index in [4.69, 9.17) is 10.5 Å². The number of nitrogens with one attached hydrogen (secondary N) is 2. The highest BCUT2D eigenvalue weighted by Gasteiger charge is 2.06. The van der Waals surface area contributed by atoms with Crippen LogP contribution in [-0.4, -0.2) is 21.3 Å². The van der Waals surface area contributed by atoms with E-state index >= 15 is 0 Å². The van der Waals surface area contributed by atoms with Crippen LogP contribution in [-0.2, 0) is 17.5 Å². The zero-order valence-corrected chi connectivity index (χ0v) is 15.0. The van der Waals surface area contributed by atoms with E-state index in [9.17, 15) is 4.21 Å². The number of rotatable bonds is 7. The molecule has 2 aromatic carbocycles. The topological polar surface area (TPSA) is 102 Å². The zero-order valence-electron chi connectivity index (χ0n) is 14.2. The molecule has 26 heavy (non-hydrogen) atoms. The molecule has 0 bridgehead atoms. The van der Waals surface area contributed by atoms with Crippen molar-refractivity contribution in [1.82, 2.24) is 14.7 Å². The number of nitrogens with zero attached hydrogens (tertiary/aromatic N) is 2. The average Bonchev–Trinajstić information content (AvgIpc) is 2.66. The van der Waals surface area contributed by atoms with E-state index in [0.717, 1.165) is 17.0 Å². The Kier molecular flexibility index (Phi) is 5.77. The number of hydrogen-bond acceptors (Lipinski definition) is 6. The molecule has 4 N–H and O–H groups in total. The van der Waals surface area contributed by atoms with E-state index < -0.39 is 11.0 Å². The first kappa shape index (κ1) is 17.8. The summed E-state index contributed by atoms with van der Waals surface area (Å²) < 4.78 is 20.7. The van der Waals surface area contributed by atoms with Crippen LogP contribution in [0.25, 0.3) is 0 Å². The Balaban J connectivity index is 1.66. The second-order valence-corrected chi connectivity index (χ2v) is 6.69. The Morgan fingerprint density at radius 3 is 2.81 bits per heavy atom. The van der Waals surface area contributed by atoms with Gasteiger partial charge in [-0.1, -0.05) is 18.2 Å². The third-order valence-electron chi connectivity index (χ3n) is 3.54. The van der Waals surface area contributed by atoms with Gasteiger partial charge in [0.25, 0.3) is 0 Å². The predicted octanol–water partition coefficient (Wildman–Crippen LogP) is 2.62. The van der Waals surface area contributed by atoms with Crippen LogP contribution in [0.1, 0.15) is 5.56 Å². The fraction of sp³-hybridized carbons (Fsp3) is 0.111. The van der Waals surface area contributed by atoms with Crippen molar-refractivity contribution in [3.8, 4) is 5.75 Å². The standard InChI is InChI=1S/C18H19N5O2S/c1-25-15-6-2-4-13(10-15)12-21-26(24)16-7-3-5-14(11-16)22-17-8-9-20-18(19)23-17/h2-11,21H,12H2,1H3,(H3,19,20,22,23). The van der Waals surface area contributed by atoms with Crippen molar-refractivity contribution in [3.05, 3.63) is 66.4 Å². The van der Waals surface area contributed by atoms with E-state index in [1.807, 2.05) is 36.4 Å². The van der Waals surface area contributed by atoms with Crippen LogP contribution in [0.15, 0.2) is 65.7 Å². The first-order valence-electron chi connectivity index (χ1n) is 7.88. The lowest BCUT2D eigenvalue weighted by molar-refractivity contribution is 0.414. The van der Waals surface area contributed by atoms with Gasteiger partial charge in [-0.2, -0.15) is 4.98 Å². The van der Waals surface area contributed by atoms with Gasteiger partial charge < -0.3 is 15.8 Å². The summed E-state index contributed by atoms with van der Waals surface area (Å²) in [4.78, 5) is 8.59. The van der Waals surface area contributed by atoms with Crippen LogP contribution in [0, 0.1) is 0 Å². The molecule has 0 fully saturated rings. The lowest BCUT2D eigenvalue weighted by atomic mass is 10.2. The third kappa shape index (κ3) is 4.78. The van der Waals surface area contributed by atoms with Crippen LogP contribution in [0.5, 0.6) is 5.75 Å². The molecule has 0 saturated heterocycles. The SMILES string of the molecule is COc1cccc(CNS(=O)c2cccc(Nc3ccnc(N)n3)c2)c1. The molecule has 3 aromatic rings. The molecule has 3 rings (SSSR count). The zero-order chi connectivity index (χ0) is 18.4. The van der Waals surface area contributed by atoms with Gasteiger partial charge in [0.15, 0.2) is 0 Å². The lowest BCUT2D eigenvalue weighted by Gasteiger charge is -2.09. The van der Waals surface area contributed by atoms with E-state index in [2.05, 4.69) is 20.0 Å². The first-order chi connectivity index (χ1) is 12.6. The van der Waals surface area contributed by atoms with E-state index in [-0.39, 0.29) is 5.95 Å². The number of nitrogens with two attached hydrogens (primary N) is 1. The highest BCUT2D eigenvalue weighted by Crippen LogP contribution is 2.18. The molecule has 134 valence electrons. The van der Waals surface area contributed by atoms with Crippen molar-refractivity contribution >= 4 is 28.4 Å². The van der Waals surface area contributed by atoms with Gasteiger partial charge in [0, 0.05) is 18.4 Å². The van der Waals surface area contributed by atoms with Gasteiger partial charge in [-0.05, 0) is 42.0 Å². The van der Waals surface area contributed by atoms with Crippen molar-refractivity contribution in [1.29, 1.82) is 0 Å². The van der Waals surface area contributed by atoms with Crippen LogP contribution in [0.4, 0.5) is 17.5 Å². The van der Waals surface area contributed by atoms with Crippen LogP contribution in [0.3, 0.4) is 0 Å². The monoisotopic (exact) mass is 369 g/mol. The minimum Gasteiger partial charge on any atom is -0.497 e. The molecule has 1 atom stereocenters. The molecule has 0 aliphatic heterocycles. The van der Waals surface area contributed by atoms with Crippen LogP contribution in [0.2, 0.25) is 0 Å². The molecule has 0 radical (unpaired) electrons. The Morgan fingerprint density at radius 1 is 1.15 bits per heavy atom. The molecular formula is C18H19N5O2S. The molecule has 0 saturated carbocycles. The van der Waals surface area contributed by atoms with Crippen molar-refractivity contribution in [2.24, 2.45) is 0 Å². The Labute approximate surface area is 154 Å². The maximum atomic E-state index is 12.5. The third-order valence-corrected chi connectivity index (χ3v) is 4.62. The van der Waals surface area contributed by atoms with Gasteiger partial charge in [0.05, 0.1) is 12.0 Å². The fourth-order valence-corrected chi connectivity index (χ4v) is 3.20. The number of aromatic nitrogens is 2. The second kappa shape index (κ2) is 8.41. The van der Waals surface area contributed by atoms with Gasteiger partial charge in [-0.3, -0.25) is 0 Å². The van der Waals surface area contributed by atoms with Gasteiger partial charge >= 0.3 is 0 Å². The van der Waals surface area contributed by atoms with Gasteiger partial charge in [-0.25, -0.2) is 13.9 Å². The normalized spacial score (nSPS) is 11.7. The fourth-order valence-electron chi connectivity index (χ4n) is 2.30. The minimum absolute atomic E-state index is 0.190. The number of anilines is 3. The van der Waals surface area contributed by atoms with Crippen molar-refractivity contribution in [2.45, 2.75) is 11.4 Å². The summed E-state index contributed by atoms with van der Waals surface area (Å²) in [5, 5.41) is 3.12. The van der Waals surface area contributed by atoms with Crippen molar-refractivity contribution in [3.63, 3.8) is 0 Å². The number of ether oxygens (including phenoxy) is 1. The highest BCUT2D eigenvalue weighted by molar-refractivity contribution is 7.83. The number of benzene rings is 2.